The molecule has 0 saturated carbocycles. The summed E-state index contributed by atoms with van der Waals surface area (Å²) >= 11 is 6.18. The van der Waals surface area contributed by atoms with E-state index >= 15 is 0 Å². The molecule has 3 aromatic rings. The molecule has 0 bridgehead atoms. The number of aryl methyl sites for hydroxylation is 1. The summed E-state index contributed by atoms with van der Waals surface area (Å²) in [5.74, 6) is -0.0181. The summed E-state index contributed by atoms with van der Waals surface area (Å²) in [4.78, 5) is 0.291. The molecule has 0 aliphatic carbocycles. The SMILES string of the molecule is Cc1ccc(S(=O)(=O)N2CC(c3ccccc3)C=C2c2cccc(Cl)c2)cc1. The van der Waals surface area contributed by atoms with Gasteiger partial charge in [0.05, 0.1) is 10.6 Å². The Bertz CT molecular complexity index is 1120. The van der Waals surface area contributed by atoms with E-state index in [1.807, 2.05) is 67.6 Å². The van der Waals surface area contributed by atoms with Gasteiger partial charge in [-0.05, 0) is 42.3 Å². The van der Waals surface area contributed by atoms with E-state index in [1.54, 1.807) is 24.3 Å². The van der Waals surface area contributed by atoms with Crippen molar-refractivity contribution in [1.29, 1.82) is 0 Å². The van der Waals surface area contributed by atoms with Crippen molar-refractivity contribution in [1.82, 2.24) is 4.31 Å². The van der Waals surface area contributed by atoms with Gasteiger partial charge in [0, 0.05) is 17.5 Å². The second-order valence-electron chi connectivity index (χ2n) is 6.93. The molecule has 5 heteroatoms. The van der Waals surface area contributed by atoms with Crippen molar-refractivity contribution in [3.05, 3.63) is 107 Å². The quantitative estimate of drug-likeness (QED) is 0.572. The molecule has 0 aromatic heterocycles. The first-order chi connectivity index (χ1) is 13.4. The molecule has 0 saturated heterocycles. The first kappa shape index (κ1) is 18.8. The molecule has 4 rings (SSSR count). The molecule has 1 unspecified atom stereocenters. The normalized spacial score (nSPS) is 16.9. The van der Waals surface area contributed by atoms with E-state index in [1.165, 1.54) is 4.31 Å². The van der Waals surface area contributed by atoms with Crippen molar-refractivity contribution >= 4 is 27.3 Å². The number of nitrogens with zero attached hydrogens (tertiary/aromatic N) is 1. The average Bonchev–Trinajstić information content (AvgIpc) is 3.15. The third-order valence-corrected chi connectivity index (χ3v) is 6.98. The molecule has 1 aliphatic rings. The van der Waals surface area contributed by atoms with Crippen LogP contribution in [0.3, 0.4) is 0 Å². The summed E-state index contributed by atoms with van der Waals surface area (Å²) in [6.07, 6.45) is 2.02. The Morgan fingerprint density at radius 2 is 1.64 bits per heavy atom. The first-order valence-electron chi connectivity index (χ1n) is 9.07. The third-order valence-electron chi connectivity index (χ3n) is 4.95. The van der Waals surface area contributed by atoms with E-state index in [2.05, 4.69) is 0 Å². The van der Waals surface area contributed by atoms with Gasteiger partial charge >= 0.3 is 0 Å². The standard InChI is InChI=1S/C23H20ClNO2S/c1-17-10-12-22(13-11-17)28(26,27)25-16-20(18-6-3-2-4-7-18)15-23(25)19-8-5-9-21(24)14-19/h2-15,20H,16H2,1H3. The summed E-state index contributed by atoms with van der Waals surface area (Å²) in [7, 11) is -3.68. The van der Waals surface area contributed by atoms with Crippen LogP contribution in [-0.4, -0.2) is 19.3 Å². The fraction of sp³-hybridized carbons (Fsp3) is 0.130. The summed E-state index contributed by atoms with van der Waals surface area (Å²) in [5, 5.41) is 0.578. The second-order valence-corrected chi connectivity index (χ2v) is 9.23. The molecule has 0 radical (unpaired) electrons. The van der Waals surface area contributed by atoms with Crippen LogP contribution in [0.25, 0.3) is 5.70 Å². The molecule has 1 atom stereocenters. The van der Waals surface area contributed by atoms with Gasteiger partial charge in [-0.3, -0.25) is 4.31 Å². The Hall–Kier alpha value is -2.56. The second kappa shape index (κ2) is 7.46. The maximum absolute atomic E-state index is 13.4. The van der Waals surface area contributed by atoms with Crippen LogP contribution in [-0.2, 0) is 10.0 Å². The molecule has 0 fully saturated rings. The summed E-state index contributed by atoms with van der Waals surface area (Å²) in [5.41, 5.74) is 3.57. The fourth-order valence-corrected chi connectivity index (χ4v) is 5.17. The van der Waals surface area contributed by atoms with Gasteiger partial charge in [0.1, 0.15) is 0 Å². The maximum atomic E-state index is 13.4. The maximum Gasteiger partial charge on any atom is 0.264 e. The van der Waals surface area contributed by atoms with Crippen molar-refractivity contribution in [2.24, 2.45) is 0 Å². The number of benzene rings is 3. The van der Waals surface area contributed by atoms with Crippen LogP contribution < -0.4 is 0 Å². The van der Waals surface area contributed by atoms with Crippen molar-refractivity contribution in [3.8, 4) is 0 Å². The molecule has 1 heterocycles. The molecule has 142 valence electrons. The highest BCUT2D eigenvalue weighted by Gasteiger charge is 2.34. The van der Waals surface area contributed by atoms with E-state index < -0.39 is 10.0 Å². The molecule has 0 N–H and O–H groups in total. The number of sulfonamides is 1. The summed E-state index contributed by atoms with van der Waals surface area (Å²) in [6, 6.07) is 24.2. The van der Waals surface area contributed by atoms with Gasteiger partial charge in [-0.2, -0.15) is 0 Å². The smallest absolute Gasteiger partial charge is 0.264 e. The molecular weight excluding hydrogens is 390 g/mol. The highest BCUT2D eigenvalue weighted by molar-refractivity contribution is 7.89. The lowest BCUT2D eigenvalue weighted by molar-refractivity contribution is 0.515. The van der Waals surface area contributed by atoms with E-state index in [4.69, 9.17) is 11.6 Å². The topological polar surface area (TPSA) is 37.4 Å². The van der Waals surface area contributed by atoms with E-state index in [0.717, 1.165) is 16.7 Å². The monoisotopic (exact) mass is 409 g/mol. The number of hydrogen-bond donors (Lipinski definition) is 0. The van der Waals surface area contributed by atoms with Crippen LogP contribution in [0.5, 0.6) is 0 Å². The van der Waals surface area contributed by atoms with Crippen molar-refractivity contribution in [3.63, 3.8) is 0 Å². The van der Waals surface area contributed by atoms with Gasteiger partial charge in [0.25, 0.3) is 10.0 Å². The number of hydrogen-bond acceptors (Lipinski definition) is 2. The molecule has 28 heavy (non-hydrogen) atoms. The largest absolute Gasteiger partial charge is 0.265 e. The predicted octanol–water partition coefficient (Wildman–Crippen LogP) is 5.48. The van der Waals surface area contributed by atoms with Crippen LogP contribution >= 0.6 is 11.6 Å². The summed E-state index contributed by atoms with van der Waals surface area (Å²) in [6.45, 7) is 2.30. The highest BCUT2D eigenvalue weighted by Crippen LogP contribution is 2.38. The lowest BCUT2D eigenvalue weighted by Crippen LogP contribution is -2.29. The highest BCUT2D eigenvalue weighted by atomic mass is 35.5. The van der Waals surface area contributed by atoms with Gasteiger partial charge in [0.2, 0.25) is 0 Å². The van der Waals surface area contributed by atoms with Crippen LogP contribution in [0.15, 0.2) is 89.8 Å². The lowest BCUT2D eigenvalue weighted by Gasteiger charge is -2.23. The molecule has 3 aromatic carbocycles. The number of halogens is 1. The van der Waals surface area contributed by atoms with Crippen molar-refractivity contribution in [2.45, 2.75) is 17.7 Å². The average molecular weight is 410 g/mol. The Morgan fingerprint density at radius 1 is 0.929 bits per heavy atom. The molecule has 0 amide bonds. The minimum absolute atomic E-state index is 0.0181. The third kappa shape index (κ3) is 3.58. The van der Waals surface area contributed by atoms with Crippen LogP contribution in [0.1, 0.15) is 22.6 Å². The molecule has 0 spiro atoms. The van der Waals surface area contributed by atoms with Gasteiger partial charge in [-0.25, -0.2) is 8.42 Å². The Morgan fingerprint density at radius 3 is 2.32 bits per heavy atom. The Labute approximate surface area is 170 Å². The Kier molecular flexibility index (Phi) is 5.00. The van der Waals surface area contributed by atoms with Crippen molar-refractivity contribution in [2.75, 3.05) is 6.54 Å². The van der Waals surface area contributed by atoms with Gasteiger partial charge in [-0.15, -0.1) is 0 Å². The first-order valence-corrected chi connectivity index (χ1v) is 10.9. The zero-order valence-electron chi connectivity index (χ0n) is 15.4. The van der Waals surface area contributed by atoms with Gasteiger partial charge < -0.3 is 0 Å². The van der Waals surface area contributed by atoms with Crippen LogP contribution in [0.4, 0.5) is 0 Å². The van der Waals surface area contributed by atoms with E-state index in [0.29, 0.717) is 22.2 Å². The van der Waals surface area contributed by atoms with Crippen molar-refractivity contribution < 1.29 is 8.42 Å². The summed E-state index contributed by atoms with van der Waals surface area (Å²) < 4.78 is 28.4. The minimum Gasteiger partial charge on any atom is -0.265 e. The molecular formula is C23H20ClNO2S. The van der Waals surface area contributed by atoms with Crippen LogP contribution in [0.2, 0.25) is 5.02 Å². The molecule has 3 nitrogen and oxygen atoms in total. The van der Waals surface area contributed by atoms with E-state index in [-0.39, 0.29) is 5.92 Å². The van der Waals surface area contributed by atoms with Crippen LogP contribution in [0, 0.1) is 6.92 Å². The molecule has 1 aliphatic heterocycles. The van der Waals surface area contributed by atoms with E-state index in [9.17, 15) is 8.42 Å². The zero-order valence-corrected chi connectivity index (χ0v) is 17.0. The fourth-order valence-electron chi connectivity index (χ4n) is 3.46. The predicted molar refractivity (Wildman–Crippen MR) is 114 cm³/mol. The zero-order chi connectivity index (χ0) is 19.7. The van der Waals surface area contributed by atoms with Gasteiger partial charge in [-0.1, -0.05) is 77.8 Å². The Balaban J connectivity index is 1.80. The lowest BCUT2D eigenvalue weighted by atomic mass is 10.00. The number of rotatable bonds is 4. The minimum atomic E-state index is -3.68. The van der Waals surface area contributed by atoms with Gasteiger partial charge in [0.15, 0.2) is 0 Å².